The van der Waals surface area contributed by atoms with E-state index in [0.29, 0.717) is 13.1 Å². The van der Waals surface area contributed by atoms with Crippen molar-refractivity contribution in [3.8, 4) is 22.6 Å². The highest BCUT2D eigenvalue weighted by molar-refractivity contribution is 6.30. The minimum atomic E-state index is -0.118. The fourth-order valence-corrected chi connectivity index (χ4v) is 3.32. The molecule has 28 heavy (non-hydrogen) atoms. The lowest BCUT2D eigenvalue weighted by molar-refractivity contribution is 0.403. The molecule has 140 valence electrons. The molecule has 0 bridgehead atoms. The molecule has 3 aromatic rings. The monoisotopic (exact) mass is 390 g/mol. The van der Waals surface area contributed by atoms with Gasteiger partial charge in [-0.05, 0) is 63.7 Å². The van der Waals surface area contributed by atoms with Gasteiger partial charge < -0.3 is 15.5 Å². The molecule has 0 unspecified atom stereocenters. The number of nitrogens with one attached hydrogen (secondary N) is 1. The standard InChI is InChI=1S/C23H19ClN2O2/c24-20-6-4-16(5-7-20)17-2-3-18-12-26-14-19(21(18)10-17)13-25-11-15-1-8-22(27)23(28)9-15/h1-10,12-13,25,27-28H,11,14H2. The number of benzene rings is 3. The zero-order valence-electron chi connectivity index (χ0n) is 15.1. The Kier molecular flexibility index (Phi) is 5.04. The summed E-state index contributed by atoms with van der Waals surface area (Å²) in [6.45, 7) is 1.14. The summed E-state index contributed by atoms with van der Waals surface area (Å²) in [5.41, 5.74) is 6.43. The van der Waals surface area contributed by atoms with E-state index in [4.69, 9.17) is 11.6 Å². The van der Waals surface area contributed by atoms with Gasteiger partial charge in [0.15, 0.2) is 11.5 Å². The van der Waals surface area contributed by atoms with Crippen LogP contribution < -0.4 is 5.32 Å². The fourth-order valence-electron chi connectivity index (χ4n) is 3.19. The van der Waals surface area contributed by atoms with Crippen LogP contribution in [-0.4, -0.2) is 23.0 Å². The maximum atomic E-state index is 9.61. The first-order valence-electron chi connectivity index (χ1n) is 8.93. The lowest BCUT2D eigenvalue weighted by Gasteiger charge is -2.16. The van der Waals surface area contributed by atoms with E-state index in [1.165, 1.54) is 6.07 Å². The number of aromatic hydroxyl groups is 2. The number of rotatable bonds is 4. The zero-order valence-corrected chi connectivity index (χ0v) is 15.8. The van der Waals surface area contributed by atoms with E-state index in [0.717, 1.165) is 38.4 Å². The molecule has 0 amide bonds. The lowest BCUT2D eigenvalue weighted by atomic mass is 9.94. The van der Waals surface area contributed by atoms with Crippen molar-refractivity contribution >= 4 is 23.4 Å². The summed E-state index contributed by atoms with van der Waals surface area (Å²) in [5, 5.41) is 23.0. The predicted molar refractivity (Wildman–Crippen MR) is 114 cm³/mol. The molecule has 3 aromatic carbocycles. The number of phenols is 2. The van der Waals surface area contributed by atoms with Gasteiger partial charge in [0.2, 0.25) is 0 Å². The first kappa shape index (κ1) is 18.1. The van der Waals surface area contributed by atoms with Crippen molar-refractivity contribution in [1.29, 1.82) is 0 Å². The molecular formula is C23H19ClN2O2. The first-order chi connectivity index (χ1) is 13.6. The Balaban J connectivity index is 1.57. The number of halogens is 1. The number of hydrogen-bond donors (Lipinski definition) is 3. The maximum absolute atomic E-state index is 9.61. The third-order valence-corrected chi connectivity index (χ3v) is 4.94. The van der Waals surface area contributed by atoms with Crippen LogP contribution in [0.25, 0.3) is 16.7 Å². The summed E-state index contributed by atoms with van der Waals surface area (Å²) in [6, 6.07) is 18.9. The summed E-state index contributed by atoms with van der Waals surface area (Å²) in [4.78, 5) is 4.44. The second-order valence-corrected chi connectivity index (χ2v) is 7.09. The van der Waals surface area contributed by atoms with Crippen LogP contribution in [0.15, 0.2) is 71.9 Å². The minimum absolute atomic E-state index is 0.118. The van der Waals surface area contributed by atoms with Crippen molar-refractivity contribution in [1.82, 2.24) is 5.32 Å². The van der Waals surface area contributed by atoms with Crippen molar-refractivity contribution in [2.75, 3.05) is 6.54 Å². The predicted octanol–water partition coefficient (Wildman–Crippen LogP) is 4.98. The highest BCUT2D eigenvalue weighted by atomic mass is 35.5. The normalized spacial score (nSPS) is 14.1. The van der Waals surface area contributed by atoms with Crippen LogP contribution >= 0.6 is 11.6 Å². The highest BCUT2D eigenvalue weighted by Gasteiger charge is 2.12. The third kappa shape index (κ3) is 3.87. The van der Waals surface area contributed by atoms with Gasteiger partial charge in [-0.2, -0.15) is 0 Å². The van der Waals surface area contributed by atoms with Crippen molar-refractivity contribution in [2.24, 2.45) is 4.99 Å². The van der Waals surface area contributed by atoms with Crippen LogP contribution in [0.3, 0.4) is 0 Å². The van der Waals surface area contributed by atoms with Gasteiger partial charge in [0, 0.05) is 24.0 Å². The molecule has 0 aliphatic carbocycles. The van der Waals surface area contributed by atoms with Crippen LogP contribution in [0.2, 0.25) is 5.02 Å². The Morgan fingerprint density at radius 3 is 2.50 bits per heavy atom. The van der Waals surface area contributed by atoms with E-state index in [-0.39, 0.29) is 11.5 Å². The molecule has 1 aliphatic rings. The summed E-state index contributed by atoms with van der Waals surface area (Å²) in [6.07, 6.45) is 3.86. The van der Waals surface area contributed by atoms with Crippen molar-refractivity contribution < 1.29 is 10.2 Å². The number of phenolic OH excluding ortho intramolecular Hbond substituents is 2. The van der Waals surface area contributed by atoms with Crippen LogP contribution in [0.4, 0.5) is 0 Å². The van der Waals surface area contributed by atoms with Gasteiger partial charge in [-0.1, -0.05) is 41.9 Å². The van der Waals surface area contributed by atoms with Gasteiger partial charge >= 0.3 is 0 Å². The molecule has 0 fully saturated rings. The molecule has 0 radical (unpaired) electrons. The molecule has 4 rings (SSSR count). The Labute approximate surface area is 168 Å². The molecule has 0 aromatic heterocycles. The highest BCUT2D eigenvalue weighted by Crippen LogP contribution is 2.29. The fraction of sp³-hybridized carbons (Fsp3) is 0.0870. The molecular weight excluding hydrogens is 372 g/mol. The van der Waals surface area contributed by atoms with Crippen LogP contribution in [0, 0.1) is 0 Å². The van der Waals surface area contributed by atoms with Gasteiger partial charge in [0.05, 0.1) is 6.54 Å². The van der Waals surface area contributed by atoms with Crippen molar-refractivity contribution in [2.45, 2.75) is 6.54 Å². The number of nitrogens with zero attached hydrogens (tertiary/aromatic N) is 1. The van der Waals surface area contributed by atoms with E-state index in [2.05, 4.69) is 28.5 Å². The van der Waals surface area contributed by atoms with Gasteiger partial charge in [-0.15, -0.1) is 0 Å². The molecule has 3 N–H and O–H groups in total. The molecule has 0 spiro atoms. The van der Waals surface area contributed by atoms with E-state index in [1.54, 1.807) is 12.1 Å². The second-order valence-electron chi connectivity index (χ2n) is 6.65. The van der Waals surface area contributed by atoms with E-state index >= 15 is 0 Å². The topological polar surface area (TPSA) is 64.8 Å². The summed E-state index contributed by atoms with van der Waals surface area (Å²) >= 11 is 6.00. The Morgan fingerprint density at radius 1 is 0.929 bits per heavy atom. The van der Waals surface area contributed by atoms with Gasteiger partial charge in [0.25, 0.3) is 0 Å². The Bertz CT molecular complexity index is 1070. The molecule has 1 aliphatic heterocycles. The second kappa shape index (κ2) is 7.79. The van der Waals surface area contributed by atoms with Gasteiger partial charge in [-0.3, -0.25) is 4.99 Å². The van der Waals surface area contributed by atoms with E-state index in [9.17, 15) is 10.2 Å². The molecule has 5 heteroatoms. The number of hydrogen-bond acceptors (Lipinski definition) is 4. The third-order valence-electron chi connectivity index (χ3n) is 4.69. The summed E-state index contributed by atoms with van der Waals surface area (Å²) in [7, 11) is 0. The average molecular weight is 391 g/mol. The van der Waals surface area contributed by atoms with Crippen LogP contribution in [0.5, 0.6) is 11.5 Å². The van der Waals surface area contributed by atoms with Crippen LogP contribution in [0.1, 0.15) is 16.7 Å². The first-order valence-corrected chi connectivity index (χ1v) is 9.31. The molecule has 4 nitrogen and oxygen atoms in total. The number of aliphatic imine (C=N–C) groups is 1. The molecule has 0 saturated carbocycles. The van der Waals surface area contributed by atoms with E-state index in [1.807, 2.05) is 36.7 Å². The number of fused-ring (bicyclic) bond motifs is 1. The molecule has 0 saturated heterocycles. The van der Waals surface area contributed by atoms with Crippen molar-refractivity contribution in [3.05, 3.63) is 88.6 Å². The Morgan fingerprint density at radius 2 is 1.71 bits per heavy atom. The lowest BCUT2D eigenvalue weighted by Crippen LogP contribution is -2.09. The van der Waals surface area contributed by atoms with Crippen molar-refractivity contribution in [3.63, 3.8) is 0 Å². The Hall–Kier alpha value is -3.24. The maximum Gasteiger partial charge on any atom is 0.157 e. The van der Waals surface area contributed by atoms with Gasteiger partial charge in [0.1, 0.15) is 0 Å². The quantitative estimate of drug-likeness (QED) is 0.550. The molecule has 0 atom stereocenters. The average Bonchev–Trinajstić information content (AvgIpc) is 2.71. The largest absolute Gasteiger partial charge is 0.504 e. The van der Waals surface area contributed by atoms with E-state index < -0.39 is 0 Å². The SMILES string of the molecule is Oc1ccc(CNC=C2CN=Cc3ccc(-c4ccc(Cl)cc4)cc32)cc1O. The summed E-state index contributed by atoms with van der Waals surface area (Å²) in [5.74, 6) is -0.237. The van der Waals surface area contributed by atoms with Crippen LogP contribution in [-0.2, 0) is 6.54 Å². The summed E-state index contributed by atoms with van der Waals surface area (Å²) < 4.78 is 0. The minimum Gasteiger partial charge on any atom is -0.504 e. The zero-order chi connectivity index (χ0) is 19.5. The van der Waals surface area contributed by atoms with Gasteiger partial charge in [-0.25, -0.2) is 0 Å². The smallest absolute Gasteiger partial charge is 0.157 e. The molecule has 1 heterocycles.